The van der Waals surface area contributed by atoms with Crippen LogP contribution in [-0.4, -0.2) is 30.1 Å². The molecule has 0 atom stereocenters. The first-order valence-corrected chi connectivity index (χ1v) is 8.28. The average Bonchev–Trinajstić information content (AvgIpc) is 2.92. The van der Waals surface area contributed by atoms with E-state index >= 15 is 0 Å². The van der Waals surface area contributed by atoms with E-state index in [0.29, 0.717) is 0 Å². The topological polar surface area (TPSA) is 33.6 Å². The number of amidine groups is 1. The van der Waals surface area contributed by atoms with Crippen LogP contribution in [0.15, 0.2) is 29.3 Å². The maximum absolute atomic E-state index is 5.16. The molecule has 1 heterocycles. The molecule has 0 radical (unpaired) electrons. The van der Waals surface area contributed by atoms with Gasteiger partial charge in [0, 0.05) is 17.8 Å². The number of benzene rings is 1. The van der Waals surface area contributed by atoms with E-state index in [0.717, 1.165) is 42.5 Å². The number of rotatable bonds is 6. The third-order valence-electron chi connectivity index (χ3n) is 4.03. The molecule has 1 aliphatic heterocycles. The number of hydrogen-bond donors (Lipinski definition) is 1. The van der Waals surface area contributed by atoms with Gasteiger partial charge in [-0.05, 0) is 37.0 Å². The van der Waals surface area contributed by atoms with Gasteiger partial charge < -0.3 is 10.1 Å². The SMILES string of the molecule is CCC1(CC)CSC(=NCCc2ccc(OC)cc2)N1. The van der Waals surface area contributed by atoms with Crippen LogP contribution in [0.4, 0.5) is 0 Å². The lowest BCUT2D eigenvalue weighted by Crippen LogP contribution is -2.42. The quantitative estimate of drug-likeness (QED) is 0.871. The van der Waals surface area contributed by atoms with Gasteiger partial charge in [0.05, 0.1) is 7.11 Å². The van der Waals surface area contributed by atoms with Crippen molar-refractivity contribution in [2.45, 2.75) is 38.6 Å². The fourth-order valence-electron chi connectivity index (χ4n) is 2.30. The minimum atomic E-state index is 0.267. The Morgan fingerprint density at radius 3 is 2.50 bits per heavy atom. The predicted octanol–water partition coefficient (Wildman–Crippen LogP) is 3.49. The van der Waals surface area contributed by atoms with Crippen LogP contribution in [0.2, 0.25) is 0 Å². The van der Waals surface area contributed by atoms with Gasteiger partial charge in [0.15, 0.2) is 5.17 Å². The van der Waals surface area contributed by atoms with Gasteiger partial charge in [-0.15, -0.1) is 0 Å². The van der Waals surface area contributed by atoms with Gasteiger partial charge in [0.2, 0.25) is 0 Å². The van der Waals surface area contributed by atoms with Gasteiger partial charge in [-0.1, -0.05) is 37.7 Å². The zero-order chi connectivity index (χ0) is 14.4. The standard InChI is InChI=1S/C16H24N2OS/c1-4-16(5-2)12-20-15(18-16)17-11-10-13-6-8-14(19-3)9-7-13/h6-9H,4-5,10-12H2,1-3H3,(H,17,18). The Kier molecular flexibility index (Phi) is 5.35. The summed E-state index contributed by atoms with van der Waals surface area (Å²) in [6, 6.07) is 8.22. The lowest BCUT2D eigenvalue weighted by atomic mass is 9.96. The highest BCUT2D eigenvalue weighted by atomic mass is 32.2. The second-order valence-corrected chi connectivity index (χ2v) is 6.15. The third kappa shape index (κ3) is 3.69. The molecule has 1 aromatic carbocycles. The molecule has 0 aliphatic carbocycles. The molecule has 1 N–H and O–H groups in total. The summed E-state index contributed by atoms with van der Waals surface area (Å²) in [4.78, 5) is 4.69. The molecule has 1 aliphatic rings. The summed E-state index contributed by atoms with van der Waals surface area (Å²) in [5, 5.41) is 4.71. The van der Waals surface area contributed by atoms with Crippen LogP contribution in [0.1, 0.15) is 32.3 Å². The molecule has 0 saturated carbocycles. The predicted molar refractivity (Wildman–Crippen MR) is 87.9 cm³/mol. The Bertz CT molecular complexity index is 452. The second-order valence-electron chi connectivity index (χ2n) is 5.19. The molecule has 1 aromatic rings. The average molecular weight is 292 g/mol. The summed E-state index contributed by atoms with van der Waals surface area (Å²) >= 11 is 1.86. The van der Waals surface area contributed by atoms with Gasteiger partial charge in [-0.3, -0.25) is 4.99 Å². The Morgan fingerprint density at radius 2 is 1.95 bits per heavy atom. The lowest BCUT2D eigenvalue weighted by Gasteiger charge is -2.25. The Balaban J connectivity index is 1.84. The number of nitrogens with zero attached hydrogens (tertiary/aromatic N) is 1. The van der Waals surface area contributed by atoms with Gasteiger partial charge >= 0.3 is 0 Å². The highest BCUT2D eigenvalue weighted by Crippen LogP contribution is 2.28. The van der Waals surface area contributed by atoms with Gasteiger partial charge in [-0.2, -0.15) is 0 Å². The van der Waals surface area contributed by atoms with E-state index in [4.69, 9.17) is 4.74 Å². The van der Waals surface area contributed by atoms with Gasteiger partial charge in [0.1, 0.15) is 5.75 Å². The van der Waals surface area contributed by atoms with E-state index in [1.54, 1.807) is 7.11 Å². The second kappa shape index (κ2) is 7.02. The minimum Gasteiger partial charge on any atom is -0.497 e. The van der Waals surface area contributed by atoms with E-state index in [-0.39, 0.29) is 5.54 Å². The molecule has 20 heavy (non-hydrogen) atoms. The summed E-state index contributed by atoms with van der Waals surface area (Å²) in [5.74, 6) is 2.05. The molecule has 0 unspecified atom stereocenters. The number of thioether (sulfide) groups is 1. The molecule has 4 heteroatoms. The maximum atomic E-state index is 5.16. The summed E-state index contributed by atoms with van der Waals surface area (Å²) in [5.41, 5.74) is 1.57. The first-order valence-electron chi connectivity index (χ1n) is 7.29. The zero-order valence-electron chi connectivity index (χ0n) is 12.6. The van der Waals surface area contributed by atoms with Crippen molar-refractivity contribution in [2.75, 3.05) is 19.4 Å². The smallest absolute Gasteiger partial charge is 0.157 e. The monoisotopic (exact) mass is 292 g/mol. The van der Waals surface area contributed by atoms with Gasteiger partial charge in [0.25, 0.3) is 0 Å². The zero-order valence-corrected chi connectivity index (χ0v) is 13.4. The number of methoxy groups -OCH3 is 1. The van der Waals surface area contributed by atoms with E-state index in [2.05, 4.69) is 36.3 Å². The van der Waals surface area contributed by atoms with Crippen molar-refractivity contribution in [1.82, 2.24) is 5.32 Å². The molecule has 0 bridgehead atoms. The largest absolute Gasteiger partial charge is 0.497 e. The third-order valence-corrected chi connectivity index (χ3v) is 5.23. The summed E-state index contributed by atoms with van der Waals surface area (Å²) < 4.78 is 5.16. The van der Waals surface area contributed by atoms with E-state index in [1.165, 1.54) is 5.56 Å². The molecule has 1 saturated heterocycles. The maximum Gasteiger partial charge on any atom is 0.157 e. The first-order chi connectivity index (χ1) is 9.71. The van der Waals surface area contributed by atoms with Crippen molar-refractivity contribution in [2.24, 2.45) is 4.99 Å². The van der Waals surface area contributed by atoms with Crippen molar-refractivity contribution in [3.05, 3.63) is 29.8 Å². The fourth-order valence-corrected chi connectivity index (χ4v) is 3.67. The van der Waals surface area contributed by atoms with E-state index < -0.39 is 0 Å². The summed E-state index contributed by atoms with van der Waals surface area (Å²) in [6.45, 7) is 5.33. The molecular formula is C16H24N2OS. The minimum absolute atomic E-state index is 0.267. The Morgan fingerprint density at radius 1 is 1.25 bits per heavy atom. The Labute approximate surface area is 126 Å². The normalized spacial score (nSPS) is 19.1. The number of aliphatic imine (C=N–C) groups is 1. The summed E-state index contributed by atoms with van der Waals surface area (Å²) in [7, 11) is 1.69. The van der Waals surface area contributed by atoms with E-state index in [9.17, 15) is 0 Å². The van der Waals surface area contributed by atoms with Crippen molar-refractivity contribution in [3.63, 3.8) is 0 Å². The highest BCUT2D eigenvalue weighted by Gasteiger charge is 2.33. The first kappa shape index (κ1) is 15.2. The fraction of sp³-hybridized carbons (Fsp3) is 0.562. The van der Waals surface area contributed by atoms with Crippen LogP contribution < -0.4 is 10.1 Å². The van der Waals surface area contributed by atoms with Crippen LogP contribution in [-0.2, 0) is 6.42 Å². The van der Waals surface area contributed by atoms with Crippen molar-refractivity contribution >= 4 is 16.9 Å². The molecule has 0 amide bonds. The lowest BCUT2D eigenvalue weighted by molar-refractivity contribution is 0.407. The van der Waals surface area contributed by atoms with Crippen LogP contribution >= 0.6 is 11.8 Å². The highest BCUT2D eigenvalue weighted by molar-refractivity contribution is 8.14. The van der Waals surface area contributed by atoms with Crippen LogP contribution in [0.3, 0.4) is 0 Å². The number of nitrogens with one attached hydrogen (secondary N) is 1. The van der Waals surface area contributed by atoms with Crippen molar-refractivity contribution < 1.29 is 4.74 Å². The van der Waals surface area contributed by atoms with Crippen molar-refractivity contribution in [1.29, 1.82) is 0 Å². The molecule has 2 rings (SSSR count). The summed E-state index contributed by atoms with van der Waals surface area (Å²) in [6.07, 6.45) is 3.29. The van der Waals surface area contributed by atoms with E-state index in [1.807, 2.05) is 23.9 Å². The molecule has 110 valence electrons. The van der Waals surface area contributed by atoms with Crippen molar-refractivity contribution in [3.8, 4) is 5.75 Å². The van der Waals surface area contributed by atoms with Crippen LogP contribution in [0.5, 0.6) is 5.75 Å². The van der Waals surface area contributed by atoms with Crippen LogP contribution in [0.25, 0.3) is 0 Å². The molecular weight excluding hydrogens is 268 g/mol. The van der Waals surface area contributed by atoms with Crippen LogP contribution in [0, 0.1) is 0 Å². The molecule has 1 fully saturated rings. The molecule has 3 nitrogen and oxygen atoms in total. The van der Waals surface area contributed by atoms with Gasteiger partial charge in [-0.25, -0.2) is 0 Å². The number of ether oxygens (including phenoxy) is 1. The Hall–Kier alpha value is -1.16. The molecule has 0 spiro atoms. The number of hydrogen-bond acceptors (Lipinski definition) is 3. The molecule has 0 aromatic heterocycles.